The molecule has 2 aromatic rings. The van der Waals surface area contributed by atoms with Crippen molar-refractivity contribution in [2.24, 2.45) is 12.5 Å². The van der Waals surface area contributed by atoms with Gasteiger partial charge in [-0.25, -0.2) is 0 Å². The highest BCUT2D eigenvalue weighted by atomic mass is 16.6. The molecule has 1 fully saturated rings. The Bertz CT molecular complexity index is 611. The first-order valence-corrected chi connectivity index (χ1v) is 6.63. The van der Waals surface area contributed by atoms with Crippen LogP contribution in [0.2, 0.25) is 0 Å². The van der Waals surface area contributed by atoms with Crippen LogP contribution in [-0.2, 0) is 16.4 Å². The summed E-state index contributed by atoms with van der Waals surface area (Å²) in [5.74, 6) is 0. The zero-order chi connectivity index (χ0) is 13.6. The van der Waals surface area contributed by atoms with Crippen molar-refractivity contribution in [1.82, 2.24) is 9.78 Å². The highest BCUT2D eigenvalue weighted by molar-refractivity contribution is 6.64. The molecule has 0 atom stereocenters. The summed E-state index contributed by atoms with van der Waals surface area (Å²) in [6.07, 6.45) is 0. The Morgan fingerprint density at radius 2 is 1.95 bits per heavy atom. The van der Waals surface area contributed by atoms with E-state index in [4.69, 9.17) is 9.31 Å². The van der Waals surface area contributed by atoms with Gasteiger partial charge in [-0.3, -0.25) is 4.68 Å². The summed E-state index contributed by atoms with van der Waals surface area (Å²) in [4.78, 5) is 0. The van der Waals surface area contributed by atoms with Crippen LogP contribution in [0.3, 0.4) is 0 Å². The van der Waals surface area contributed by atoms with Gasteiger partial charge in [-0.1, -0.05) is 32.0 Å². The first-order valence-electron chi connectivity index (χ1n) is 6.63. The molecule has 2 heterocycles. The number of hydrogen-bond donors (Lipinski definition) is 0. The first-order chi connectivity index (χ1) is 8.98. The molecular weight excluding hydrogens is 239 g/mol. The predicted octanol–water partition coefficient (Wildman–Crippen LogP) is 1.65. The van der Waals surface area contributed by atoms with Crippen molar-refractivity contribution < 1.29 is 9.31 Å². The lowest BCUT2D eigenvalue weighted by Crippen LogP contribution is -2.47. The van der Waals surface area contributed by atoms with Gasteiger partial charge in [0.2, 0.25) is 0 Å². The fourth-order valence-corrected chi connectivity index (χ4v) is 2.43. The van der Waals surface area contributed by atoms with Crippen LogP contribution in [0, 0.1) is 12.3 Å². The number of aromatic nitrogens is 2. The molecule has 4 nitrogen and oxygen atoms in total. The molecule has 0 amide bonds. The molecule has 1 saturated heterocycles. The van der Waals surface area contributed by atoms with E-state index in [0.29, 0.717) is 13.2 Å². The van der Waals surface area contributed by atoms with Crippen molar-refractivity contribution in [2.75, 3.05) is 13.2 Å². The summed E-state index contributed by atoms with van der Waals surface area (Å²) in [6.45, 7) is 7.79. The van der Waals surface area contributed by atoms with Crippen molar-refractivity contribution in [2.45, 2.75) is 20.8 Å². The zero-order valence-electron chi connectivity index (χ0n) is 11.9. The first kappa shape index (κ1) is 12.7. The van der Waals surface area contributed by atoms with Crippen LogP contribution in [0.5, 0.6) is 0 Å². The largest absolute Gasteiger partial charge is 0.496 e. The van der Waals surface area contributed by atoms with Gasteiger partial charge in [-0.05, 0) is 6.92 Å². The van der Waals surface area contributed by atoms with E-state index in [1.54, 1.807) is 0 Å². The van der Waals surface area contributed by atoms with Crippen LogP contribution in [0.1, 0.15) is 19.5 Å². The highest BCUT2D eigenvalue weighted by Gasteiger charge is 2.35. The Balaban J connectivity index is 2.00. The maximum absolute atomic E-state index is 5.87. The fourth-order valence-electron chi connectivity index (χ4n) is 2.43. The normalized spacial score (nSPS) is 19.1. The molecule has 19 heavy (non-hydrogen) atoms. The van der Waals surface area contributed by atoms with Gasteiger partial charge in [0, 0.05) is 42.2 Å². The van der Waals surface area contributed by atoms with Gasteiger partial charge in [0.15, 0.2) is 0 Å². The summed E-state index contributed by atoms with van der Waals surface area (Å²) < 4.78 is 13.6. The van der Waals surface area contributed by atoms with E-state index in [1.165, 1.54) is 0 Å². The number of fused-ring (bicyclic) bond motifs is 1. The third-order valence-corrected chi connectivity index (χ3v) is 3.70. The van der Waals surface area contributed by atoms with E-state index in [9.17, 15) is 0 Å². The Kier molecular flexibility index (Phi) is 2.91. The summed E-state index contributed by atoms with van der Waals surface area (Å²) in [5.41, 5.74) is 3.25. The smallest absolute Gasteiger partial charge is 0.407 e. The predicted molar refractivity (Wildman–Crippen MR) is 76.5 cm³/mol. The highest BCUT2D eigenvalue weighted by Crippen LogP contribution is 2.23. The minimum Gasteiger partial charge on any atom is -0.407 e. The minimum absolute atomic E-state index is 0.0877. The van der Waals surface area contributed by atoms with Crippen LogP contribution < -0.4 is 5.46 Å². The Hall–Kier alpha value is -1.33. The molecule has 1 aliphatic heterocycles. The summed E-state index contributed by atoms with van der Waals surface area (Å²) in [5, 5.41) is 5.74. The molecule has 1 aromatic heterocycles. The molecule has 0 N–H and O–H groups in total. The molecule has 0 spiro atoms. The van der Waals surface area contributed by atoms with Gasteiger partial charge in [0.1, 0.15) is 0 Å². The number of rotatable bonds is 1. The van der Waals surface area contributed by atoms with E-state index >= 15 is 0 Å². The Morgan fingerprint density at radius 1 is 1.26 bits per heavy atom. The van der Waals surface area contributed by atoms with Gasteiger partial charge in [0.25, 0.3) is 0 Å². The van der Waals surface area contributed by atoms with Crippen LogP contribution in [0.15, 0.2) is 18.2 Å². The van der Waals surface area contributed by atoms with E-state index < -0.39 is 0 Å². The van der Waals surface area contributed by atoms with Crippen LogP contribution in [0.25, 0.3) is 10.9 Å². The van der Waals surface area contributed by atoms with E-state index in [0.717, 1.165) is 22.1 Å². The molecule has 0 bridgehead atoms. The Labute approximate surface area is 113 Å². The van der Waals surface area contributed by atoms with Crippen molar-refractivity contribution in [3.05, 3.63) is 23.9 Å². The molecule has 0 saturated carbocycles. The van der Waals surface area contributed by atoms with Crippen molar-refractivity contribution in [3.8, 4) is 0 Å². The molecule has 100 valence electrons. The number of benzene rings is 1. The van der Waals surface area contributed by atoms with Gasteiger partial charge < -0.3 is 9.31 Å². The second kappa shape index (κ2) is 4.35. The maximum Gasteiger partial charge on any atom is 0.496 e. The monoisotopic (exact) mass is 258 g/mol. The molecule has 0 aliphatic carbocycles. The molecule has 0 unspecified atom stereocenters. The summed E-state index contributed by atoms with van der Waals surface area (Å²) >= 11 is 0. The topological polar surface area (TPSA) is 36.3 Å². The third kappa shape index (κ3) is 2.17. The van der Waals surface area contributed by atoms with Gasteiger partial charge in [0.05, 0.1) is 5.52 Å². The number of aryl methyl sites for hydroxylation is 2. The quantitative estimate of drug-likeness (QED) is 0.730. The van der Waals surface area contributed by atoms with Gasteiger partial charge in [-0.2, -0.15) is 5.10 Å². The lowest BCUT2D eigenvalue weighted by molar-refractivity contribution is 0.0344. The minimum atomic E-state index is -0.300. The van der Waals surface area contributed by atoms with Crippen LogP contribution >= 0.6 is 0 Å². The SMILES string of the molecule is Cc1c2cccc(B3OCC(C)(C)CO3)c2nn1C. The summed E-state index contributed by atoms with van der Waals surface area (Å²) in [7, 11) is 1.66. The van der Waals surface area contributed by atoms with E-state index in [2.05, 4.69) is 31.9 Å². The van der Waals surface area contributed by atoms with Crippen molar-refractivity contribution in [1.29, 1.82) is 0 Å². The zero-order valence-corrected chi connectivity index (χ0v) is 11.9. The second-order valence-electron chi connectivity index (χ2n) is 6.07. The molecular formula is C14H19BN2O2. The molecule has 3 rings (SSSR count). The van der Waals surface area contributed by atoms with Crippen molar-refractivity contribution >= 4 is 23.5 Å². The molecule has 1 aliphatic rings. The molecule has 0 radical (unpaired) electrons. The number of hydrogen-bond acceptors (Lipinski definition) is 3. The second-order valence-corrected chi connectivity index (χ2v) is 6.07. The molecule has 5 heteroatoms. The van der Waals surface area contributed by atoms with Crippen LogP contribution in [-0.4, -0.2) is 30.1 Å². The standard InChI is InChI=1S/C14H19BN2O2/c1-10-11-6-5-7-12(13(11)16-17(10)4)15-18-8-14(2,3)9-19-15/h5-7H,8-9H2,1-4H3. The average Bonchev–Trinajstić information content (AvgIpc) is 2.66. The van der Waals surface area contributed by atoms with Crippen molar-refractivity contribution in [3.63, 3.8) is 0 Å². The lowest BCUT2D eigenvalue weighted by Gasteiger charge is -2.33. The van der Waals surface area contributed by atoms with Gasteiger partial charge >= 0.3 is 7.12 Å². The third-order valence-electron chi connectivity index (χ3n) is 3.70. The number of nitrogens with zero attached hydrogens (tertiary/aromatic N) is 2. The fraction of sp³-hybridized carbons (Fsp3) is 0.500. The van der Waals surface area contributed by atoms with Crippen LogP contribution in [0.4, 0.5) is 0 Å². The lowest BCUT2D eigenvalue weighted by atomic mass is 9.75. The molecule has 1 aromatic carbocycles. The van der Waals surface area contributed by atoms with Gasteiger partial charge in [-0.15, -0.1) is 0 Å². The maximum atomic E-state index is 5.87. The van der Waals surface area contributed by atoms with E-state index in [1.807, 2.05) is 23.9 Å². The Morgan fingerprint density at radius 3 is 2.63 bits per heavy atom. The van der Waals surface area contributed by atoms with E-state index in [-0.39, 0.29) is 12.5 Å². The summed E-state index contributed by atoms with van der Waals surface area (Å²) in [6, 6.07) is 6.17. The average molecular weight is 258 g/mol.